The van der Waals surface area contributed by atoms with E-state index in [1.165, 1.54) is 6.20 Å². The average Bonchev–Trinajstić information content (AvgIpc) is 2.47. The van der Waals surface area contributed by atoms with Crippen LogP contribution < -0.4 is 10.1 Å². The van der Waals surface area contributed by atoms with Gasteiger partial charge in [-0.15, -0.1) is 0 Å². The lowest BCUT2D eigenvalue weighted by Gasteiger charge is -2.07. The van der Waals surface area contributed by atoms with E-state index in [0.29, 0.717) is 17.2 Å². The van der Waals surface area contributed by atoms with Gasteiger partial charge in [0.05, 0.1) is 6.61 Å². The van der Waals surface area contributed by atoms with Crippen molar-refractivity contribution < 1.29 is 14.6 Å². The van der Waals surface area contributed by atoms with Gasteiger partial charge < -0.3 is 15.2 Å². The van der Waals surface area contributed by atoms with Gasteiger partial charge in [-0.25, -0.2) is 0 Å². The van der Waals surface area contributed by atoms with Gasteiger partial charge in [-0.1, -0.05) is 12.1 Å². The SMILES string of the molecule is CNC(=O)c1cc(Oc2cccc(CO)c2)ccn1. The molecule has 0 radical (unpaired) electrons. The second-order valence-electron chi connectivity index (χ2n) is 3.86. The number of pyridine rings is 1. The zero-order chi connectivity index (χ0) is 13.7. The summed E-state index contributed by atoms with van der Waals surface area (Å²) in [6, 6.07) is 10.3. The minimum absolute atomic E-state index is 0.0446. The maximum Gasteiger partial charge on any atom is 0.269 e. The minimum atomic E-state index is -0.269. The molecule has 0 atom stereocenters. The van der Waals surface area contributed by atoms with Crippen LogP contribution in [-0.4, -0.2) is 23.0 Å². The summed E-state index contributed by atoms with van der Waals surface area (Å²) in [5, 5.41) is 11.6. The van der Waals surface area contributed by atoms with Crippen molar-refractivity contribution in [2.45, 2.75) is 6.61 Å². The van der Waals surface area contributed by atoms with Crippen molar-refractivity contribution in [2.24, 2.45) is 0 Å². The van der Waals surface area contributed by atoms with E-state index in [1.54, 1.807) is 43.4 Å². The second-order valence-corrected chi connectivity index (χ2v) is 3.86. The summed E-state index contributed by atoms with van der Waals surface area (Å²) in [6.45, 7) is -0.0446. The van der Waals surface area contributed by atoms with Crippen molar-refractivity contribution in [3.05, 3.63) is 53.9 Å². The Morgan fingerprint density at radius 3 is 2.84 bits per heavy atom. The van der Waals surface area contributed by atoms with Crippen LogP contribution in [0, 0.1) is 0 Å². The Balaban J connectivity index is 2.20. The van der Waals surface area contributed by atoms with Gasteiger partial charge in [0.2, 0.25) is 0 Å². The quantitative estimate of drug-likeness (QED) is 0.876. The molecule has 0 spiro atoms. The van der Waals surface area contributed by atoms with E-state index in [-0.39, 0.29) is 12.5 Å². The summed E-state index contributed by atoms with van der Waals surface area (Å²) in [5.41, 5.74) is 1.05. The number of aliphatic hydroxyl groups is 1. The minimum Gasteiger partial charge on any atom is -0.457 e. The van der Waals surface area contributed by atoms with E-state index < -0.39 is 0 Å². The number of hydrogen-bond donors (Lipinski definition) is 2. The van der Waals surface area contributed by atoms with Crippen LogP contribution in [0.4, 0.5) is 0 Å². The molecule has 0 aliphatic rings. The summed E-state index contributed by atoms with van der Waals surface area (Å²) in [7, 11) is 1.54. The third-order valence-corrected chi connectivity index (χ3v) is 2.51. The summed E-state index contributed by atoms with van der Waals surface area (Å²) >= 11 is 0. The predicted octanol–water partition coefficient (Wildman–Crippen LogP) is 1.73. The van der Waals surface area contributed by atoms with E-state index in [0.717, 1.165) is 5.56 Å². The number of carbonyl (C=O) groups excluding carboxylic acids is 1. The van der Waals surface area contributed by atoms with Gasteiger partial charge in [0.15, 0.2) is 0 Å². The number of aliphatic hydroxyl groups excluding tert-OH is 1. The number of hydrogen-bond acceptors (Lipinski definition) is 4. The van der Waals surface area contributed by atoms with Crippen molar-refractivity contribution in [1.82, 2.24) is 10.3 Å². The number of amides is 1. The first-order valence-corrected chi connectivity index (χ1v) is 5.78. The molecule has 0 saturated carbocycles. The van der Waals surface area contributed by atoms with Gasteiger partial charge in [0, 0.05) is 19.3 Å². The Labute approximate surface area is 110 Å². The molecule has 0 fully saturated rings. The van der Waals surface area contributed by atoms with E-state index in [2.05, 4.69) is 10.3 Å². The standard InChI is InChI=1S/C14H14N2O3/c1-15-14(18)13-8-12(5-6-16-13)19-11-4-2-3-10(7-11)9-17/h2-8,17H,9H2,1H3,(H,15,18). The molecule has 1 heterocycles. The van der Waals surface area contributed by atoms with Crippen LogP contribution in [0.3, 0.4) is 0 Å². The third kappa shape index (κ3) is 3.29. The van der Waals surface area contributed by atoms with Gasteiger partial charge in [0.1, 0.15) is 17.2 Å². The summed E-state index contributed by atoms with van der Waals surface area (Å²) in [6.07, 6.45) is 1.51. The molecule has 0 aliphatic carbocycles. The number of rotatable bonds is 4. The number of carbonyl (C=O) groups is 1. The first kappa shape index (κ1) is 13.0. The van der Waals surface area contributed by atoms with Crippen molar-refractivity contribution in [1.29, 1.82) is 0 Å². The molecule has 1 aromatic carbocycles. The fourth-order valence-corrected chi connectivity index (χ4v) is 1.57. The lowest BCUT2D eigenvalue weighted by molar-refractivity contribution is 0.0958. The smallest absolute Gasteiger partial charge is 0.269 e. The third-order valence-electron chi connectivity index (χ3n) is 2.51. The van der Waals surface area contributed by atoms with Crippen LogP contribution in [-0.2, 0) is 6.61 Å². The van der Waals surface area contributed by atoms with Crippen LogP contribution >= 0.6 is 0 Å². The molecule has 2 aromatic rings. The van der Waals surface area contributed by atoms with Crippen molar-refractivity contribution in [3.63, 3.8) is 0 Å². The van der Waals surface area contributed by atoms with Crippen LogP contribution in [0.25, 0.3) is 0 Å². The highest BCUT2D eigenvalue weighted by Crippen LogP contribution is 2.22. The Hall–Kier alpha value is -2.40. The first-order chi connectivity index (χ1) is 9.22. The second kappa shape index (κ2) is 5.97. The number of aromatic nitrogens is 1. The lowest BCUT2D eigenvalue weighted by Crippen LogP contribution is -2.18. The lowest BCUT2D eigenvalue weighted by atomic mass is 10.2. The number of nitrogens with zero attached hydrogens (tertiary/aromatic N) is 1. The van der Waals surface area contributed by atoms with E-state index in [4.69, 9.17) is 9.84 Å². The van der Waals surface area contributed by atoms with Gasteiger partial charge in [-0.05, 0) is 23.8 Å². The Morgan fingerprint density at radius 1 is 1.32 bits per heavy atom. The predicted molar refractivity (Wildman–Crippen MR) is 70.1 cm³/mol. The zero-order valence-electron chi connectivity index (χ0n) is 10.5. The molecule has 2 rings (SSSR count). The largest absolute Gasteiger partial charge is 0.457 e. The Bertz CT molecular complexity index is 584. The monoisotopic (exact) mass is 258 g/mol. The molecule has 19 heavy (non-hydrogen) atoms. The topological polar surface area (TPSA) is 71.5 Å². The molecule has 0 bridgehead atoms. The van der Waals surface area contributed by atoms with Crippen LogP contribution in [0.15, 0.2) is 42.6 Å². The van der Waals surface area contributed by atoms with Crippen LogP contribution in [0.5, 0.6) is 11.5 Å². The molecule has 98 valence electrons. The van der Waals surface area contributed by atoms with Crippen molar-refractivity contribution >= 4 is 5.91 Å². The molecule has 1 amide bonds. The highest BCUT2D eigenvalue weighted by atomic mass is 16.5. The zero-order valence-corrected chi connectivity index (χ0v) is 10.5. The number of nitrogens with one attached hydrogen (secondary N) is 1. The summed E-state index contributed by atoms with van der Waals surface area (Å²) < 4.78 is 5.63. The summed E-state index contributed by atoms with van der Waals surface area (Å²) in [4.78, 5) is 15.4. The molecule has 0 aliphatic heterocycles. The van der Waals surface area contributed by atoms with Crippen molar-refractivity contribution in [2.75, 3.05) is 7.05 Å². The van der Waals surface area contributed by atoms with Gasteiger partial charge in [-0.2, -0.15) is 0 Å². The van der Waals surface area contributed by atoms with E-state index in [1.807, 2.05) is 0 Å². The highest BCUT2D eigenvalue weighted by molar-refractivity contribution is 5.92. The van der Waals surface area contributed by atoms with Gasteiger partial charge in [-0.3, -0.25) is 9.78 Å². The molecule has 5 heteroatoms. The molecular formula is C14H14N2O3. The fourth-order valence-electron chi connectivity index (χ4n) is 1.57. The number of ether oxygens (including phenoxy) is 1. The number of benzene rings is 1. The van der Waals surface area contributed by atoms with Gasteiger partial charge in [0.25, 0.3) is 5.91 Å². The molecule has 0 saturated heterocycles. The molecule has 0 unspecified atom stereocenters. The van der Waals surface area contributed by atoms with Crippen LogP contribution in [0.1, 0.15) is 16.1 Å². The maximum absolute atomic E-state index is 11.5. The van der Waals surface area contributed by atoms with E-state index in [9.17, 15) is 4.79 Å². The molecule has 1 aromatic heterocycles. The molecule has 5 nitrogen and oxygen atoms in total. The first-order valence-electron chi connectivity index (χ1n) is 5.78. The molecular weight excluding hydrogens is 244 g/mol. The maximum atomic E-state index is 11.5. The van der Waals surface area contributed by atoms with Gasteiger partial charge >= 0.3 is 0 Å². The van der Waals surface area contributed by atoms with E-state index >= 15 is 0 Å². The fraction of sp³-hybridized carbons (Fsp3) is 0.143. The molecule has 2 N–H and O–H groups in total. The highest BCUT2D eigenvalue weighted by Gasteiger charge is 2.06. The Morgan fingerprint density at radius 2 is 2.11 bits per heavy atom. The average molecular weight is 258 g/mol. The van der Waals surface area contributed by atoms with Crippen LogP contribution in [0.2, 0.25) is 0 Å². The summed E-state index contributed by atoms with van der Waals surface area (Å²) in [5.74, 6) is 0.846. The normalized spacial score (nSPS) is 10.0. The Kier molecular flexibility index (Phi) is 4.10. The van der Waals surface area contributed by atoms with Crippen molar-refractivity contribution in [3.8, 4) is 11.5 Å².